The number of hydrazone groups is 1. The number of aryl methyl sites for hydroxylation is 3. The summed E-state index contributed by atoms with van der Waals surface area (Å²) in [5.41, 5.74) is 13.5. The van der Waals surface area contributed by atoms with Crippen molar-refractivity contribution in [1.29, 1.82) is 0 Å². The lowest BCUT2D eigenvalue weighted by Crippen LogP contribution is -2.47. The summed E-state index contributed by atoms with van der Waals surface area (Å²) in [6.07, 6.45) is 8.79. The minimum absolute atomic E-state index is 0.00518. The molecule has 12 rings (SSSR count). The molecule has 2 aromatic carbocycles. The van der Waals surface area contributed by atoms with Crippen molar-refractivity contribution < 1.29 is 31.2 Å². The summed E-state index contributed by atoms with van der Waals surface area (Å²) in [5.74, 6) is 1.47. The number of sulfonamides is 2. The Bertz CT molecular complexity index is 4160. The van der Waals surface area contributed by atoms with Gasteiger partial charge in [-0.05, 0) is 90.0 Å². The molecule has 8 aromatic rings. The van der Waals surface area contributed by atoms with E-state index in [1.807, 2.05) is 61.2 Å². The number of hydrogen-bond donors (Lipinski definition) is 2. The molecule has 0 saturated carbocycles. The summed E-state index contributed by atoms with van der Waals surface area (Å²) in [6, 6.07) is 16.6. The van der Waals surface area contributed by atoms with Crippen molar-refractivity contribution >= 4 is 121 Å². The largest absolute Gasteiger partial charge is 0.378 e. The number of nitrogens with zero attached hydrogens (tertiary/aromatic N) is 13. The average molecular weight is 1340 g/mol. The molecule has 10 heterocycles. The summed E-state index contributed by atoms with van der Waals surface area (Å²) in [6.45, 7) is 21.4. The number of carbonyl (C=O) groups is 2. The zero-order valence-corrected chi connectivity index (χ0v) is 55.6. The van der Waals surface area contributed by atoms with Gasteiger partial charge in [0.25, 0.3) is 10.0 Å². The number of thiophene rings is 1. The van der Waals surface area contributed by atoms with Crippen LogP contribution in [0.25, 0.3) is 37.8 Å². The van der Waals surface area contributed by atoms with Crippen molar-refractivity contribution in [2.75, 3.05) is 82.5 Å². The molecule has 2 atom stereocenters. The number of anilines is 2. The maximum absolute atomic E-state index is 12.8. The van der Waals surface area contributed by atoms with Gasteiger partial charge in [0.1, 0.15) is 22.3 Å². The molecule has 3 N–H and O–H groups in total. The Balaban J connectivity index is 0.000000147. The normalized spacial score (nSPS) is 17.6. The van der Waals surface area contributed by atoms with E-state index < -0.39 is 32.0 Å². The maximum atomic E-state index is 12.8. The van der Waals surface area contributed by atoms with Crippen molar-refractivity contribution in [2.45, 2.75) is 84.3 Å². The lowest BCUT2D eigenvalue weighted by molar-refractivity contribution is -0.121. The van der Waals surface area contributed by atoms with E-state index in [1.54, 1.807) is 52.2 Å². The number of piperazine rings is 1. The molecule has 3 fully saturated rings. The number of primary amides is 1. The van der Waals surface area contributed by atoms with E-state index >= 15 is 0 Å². The molecule has 0 bridgehead atoms. The number of urea groups is 1. The molecule has 4 aliphatic rings. The number of nitrogens with one attached hydrogen (secondary N) is 1. The van der Waals surface area contributed by atoms with E-state index in [0.29, 0.717) is 62.2 Å². The first-order chi connectivity index (χ1) is 41.3. The maximum Gasteiger partial charge on any atom is 0.324 e. The minimum Gasteiger partial charge on any atom is -0.378 e. The Morgan fingerprint density at radius 1 is 0.954 bits per heavy atom. The second kappa shape index (κ2) is 26.2. The number of ether oxygens (including phenoxy) is 1. The van der Waals surface area contributed by atoms with Crippen LogP contribution in [0.15, 0.2) is 91.8 Å². The molecule has 3 amide bonds. The molecule has 6 aromatic heterocycles. The third-order valence-corrected chi connectivity index (χ3v) is 22.1. The van der Waals surface area contributed by atoms with Crippen molar-refractivity contribution in [2.24, 2.45) is 21.7 Å². The first-order valence-corrected chi connectivity index (χ1v) is 34.9. The van der Waals surface area contributed by atoms with E-state index in [2.05, 4.69) is 96.1 Å². The van der Waals surface area contributed by atoms with E-state index in [9.17, 15) is 26.4 Å². The van der Waals surface area contributed by atoms with Gasteiger partial charge < -0.3 is 20.3 Å². The molecule has 0 radical (unpaired) electrons. The number of hydrogen-bond acceptors (Lipinski definition) is 19. The smallest absolute Gasteiger partial charge is 0.324 e. The van der Waals surface area contributed by atoms with Gasteiger partial charge in [-0.2, -0.15) is 22.2 Å². The van der Waals surface area contributed by atoms with Crippen LogP contribution in [0, 0.1) is 26.7 Å². The summed E-state index contributed by atoms with van der Waals surface area (Å²) in [4.78, 5) is 61.8. The molecule has 0 unspecified atom stereocenters. The number of aliphatic imine (C=N–C) groups is 1. The van der Waals surface area contributed by atoms with Crippen LogP contribution >= 0.6 is 49.9 Å². The Labute approximate surface area is 527 Å². The Morgan fingerprint density at radius 3 is 2.43 bits per heavy atom. The number of benzene rings is 2. The number of halogens is 1. The van der Waals surface area contributed by atoms with Crippen LogP contribution in [0.3, 0.4) is 0 Å². The summed E-state index contributed by atoms with van der Waals surface area (Å²) in [7, 11) is -5.42. The molecular formula is C59H70BrN15O7S5. The highest BCUT2D eigenvalue weighted by atomic mass is 79.9. The van der Waals surface area contributed by atoms with Crippen LogP contribution in [0.2, 0.25) is 0 Å². The fourth-order valence-electron chi connectivity index (χ4n) is 10.5. The fourth-order valence-corrected chi connectivity index (χ4v) is 15.8. The van der Waals surface area contributed by atoms with E-state index in [-0.39, 0.29) is 22.3 Å². The molecule has 28 heteroatoms. The molecular weight excluding hydrogens is 1270 g/mol. The van der Waals surface area contributed by atoms with Crippen molar-refractivity contribution in [1.82, 2.24) is 47.8 Å². The van der Waals surface area contributed by atoms with Gasteiger partial charge in [-0.15, -0.1) is 22.7 Å². The van der Waals surface area contributed by atoms with Crippen LogP contribution < -0.4 is 16.0 Å². The van der Waals surface area contributed by atoms with Gasteiger partial charge in [-0.1, -0.05) is 69.4 Å². The highest BCUT2D eigenvalue weighted by Crippen LogP contribution is 2.38. The van der Waals surface area contributed by atoms with Crippen LogP contribution in [0.1, 0.15) is 77.6 Å². The Kier molecular flexibility index (Phi) is 19.1. The third kappa shape index (κ3) is 14.6. The highest BCUT2D eigenvalue weighted by molar-refractivity contribution is 9.10. The van der Waals surface area contributed by atoms with Gasteiger partial charge in [-0.3, -0.25) is 24.4 Å². The van der Waals surface area contributed by atoms with Gasteiger partial charge >= 0.3 is 6.03 Å². The van der Waals surface area contributed by atoms with Crippen LogP contribution in [0.5, 0.6) is 0 Å². The molecule has 22 nitrogen and oxygen atoms in total. The van der Waals surface area contributed by atoms with Gasteiger partial charge in [0, 0.05) is 103 Å². The number of nitrogens with two attached hydrogens (primary N) is 1. The standard InChI is InChI=1S/C24H28N6O3S2.C18H25N5O2S2.C17H17BrN4O2S/c1-35(31,32)30-7-5-28(6-8-30)16-18-13-20-23(29-9-11-33-12-10-29)26-22(27-24(20)34-18)19-4-2-3-17-14-25-15-21(17)19;1-9-6-12(14(19)24)23(7-9)17(25)22-16-20-10(2)13(27-16)11-8-26-15(21-11)18(3,4)5;1-12-4-5-13(2)16(8-12)25(23,24)21(3)20-10-15-9-19-17-7-6-14(18)11-22(15)17/h2-4,13,15H,5-12,14,16H2,1H3;8-9,12H,6-7H2,1-5H3,(H2,19,24)(H,20,22,25);4-11H,1-3H3/b;;20-10+/t;9-,12-;/m.0./s1. The Morgan fingerprint density at radius 2 is 1.71 bits per heavy atom. The van der Waals surface area contributed by atoms with Crippen molar-refractivity contribution in [3.8, 4) is 22.0 Å². The van der Waals surface area contributed by atoms with E-state index in [4.69, 9.17) is 25.4 Å². The monoisotopic (exact) mass is 1340 g/mol. The summed E-state index contributed by atoms with van der Waals surface area (Å²) < 4.78 is 60.1. The molecule has 4 aliphatic heterocycles. The number of thiazole rings is 2. The number of morpholine rings is 1. The number of pyridine rings is 1. The molecule has 3 saturated heterocycles. The highest BCUT2D eigenvalue weighted by Gasteiger charge is 2.37. The summed E-state index contributed by atoms with van der Waals surface area (Å²) in [5, 5.41) is 11.6. The summed E-state index contributed by atoms with van der Waals surface area (Å²) >= 11 is 8.13. The van der Waals surface area contributed by atoms with Gasteiger partial charge in [0.15, 0.2) is 11.0 Å². The third-order valence-electron chi connectivity index (χ3n) is 15.1. The fraction of sp³-hybridized carbons (Fsp3) is 0.407. The molecule has 460 valence electrons. The predicted octanol–water partition coefficient (Wildman–Crippen LogP) is 9.17. The SMILES string of the molecule is CS(=O)(=O)N1CCN(Cc2cc3c(N4CCOCC4)nc(-c4cccc5c4C=NC5)nc3s2)CC1.Cc1ccc(C)c(S(=O)(=O)N(C)/N=C/c2cnc3ccc(Br)cn23)c1.Cc1nc(NC(=O)N2C[C@@H](C)C[C@H]2C(N)=O)sc1-c1csc(C(C)(C)C)n1. The number of imidazole rings is 1. The average Bonchev–Trinajstić information content (AvgIpc) is 1.86. The minimum atomic E-state index is -3.71. The lowest BCUT2D eigenvalue weighted by atomic mass is 9.98. The van der Waals surface area contributed by atoms with Crippen LogP contribution in [-0.4, -0.2) is 167 Å². The van der Waals surface area contributed by atoms with E-state index in [0.717, 1.165) is 107 Å². The topological polar surface area (TPSA) is 259 Å². The second-order valence-electron chi connectivity index (χ2n) is 23.0. The molecule has 0 aliphatic carbocycles. The first kappa shape index (κ1) is 63.4. The van der Waals surface area contributed by atoms with Gasteiger partial charge in [0.2, 0.25) is 15.9 Å². The first-order valence-electron chi connectivity index (χ1n) is 28.3. The number of amides is 3. The number of aromatic nitrogens is 6. The molecule has 0 spiro atoms. The van der Waals surface area contributed by atoms with Gasteiger partial charge in [-0.25, -0.2) is 38.1 Å². The second-order valence-corrected chi connectivity index (χ2v) is 30.8. The van der Waals surface area contributed by atoms with E-state index in [1.165, 1.54) is 46.2 Å². The Hall–Kier alpha value is -6.63. The number of fused-ring (bicyclic) bond motifs is 3. The quantitative estimate of drug-likeness (QED) is 0.0854. The number of likely N-dealkylation sites (tertiary alicyclic amines) is 1. The van der Waals surface area contributed by atoms with Crippen LogP contribution in [0.4, 0.5) is 15.7 Å². The van der Waals surface area contributed by atoms with Crippen molar-refractivity contribution in [3.63, 3.8) is 0 Å². The van der Waals surface area contributed by atoms with Crippen molar-refractivity contribution in [3.05, 3.63) is 120 Å². The zero-order valence-electron chi connectivity index (χ0n) is 49.9. The number of rotatable bonds is 12. The lowest BCUT2D eigenvalue weighted by Gasteiger charge is -2.32. The van der Waals surface area contributed by atoms with Gasteiger partial charge in [0.05, 0.1) is 75.7 Å². The number of carbonyl (C=O) groups excluding carboxylic acids is 2. The predicted molar refractivity (Wildman–Crippen MR) is 349 cm³/mol. The van der Waals surface area contributed by atoms with Crippen LogP contribution in [-0.2, 0) is 48.1 Å². The molecule has 87 heavy (non-hydrogen) atoms. The zero-order chi connectivity index (χ0) is 62.1.